The second-order valence-electron chi connectivity index (χ2n) is 8.08. The van der Waals surface area contributed by atoms with Crippen LogP contribution >= 0.6 is 15.9 Å². The quantitative estimate of drug-likeness (QED) is 0.523. The lowest BCUT2D eigenvalue weighted by molar-refractivity contribution is 0.0518. The van der Waals surface area contributed by atoms with E-state index in [1.807, 2.05) is 0 Å². The third kappa shape index (κ3) is 7.18. The maximum absolute atomic E-state index is 13.9. The van der Waals surface area contributed by atoms with Crippen LogP contribution in [0.5, 0.6) is 11.9 Å². The second kappa shape index (κ2) is 10.8. The summed E-state index contributed by atoms with van der Waals surface area (Å²) in [6.45, 7) is 8.62. The highest BCUT2D eigenvalue weighted by Crippen LogP contribution is 2.25. The van der Waals surface area contributed by atoms with E-state index < -0.39 is 28.9 Å². The maximum atomic E-state index is 13.9. The minimum atomic E-state index is -0.777. The Kier molecular flexibility index (Phi) is 8.59. The molecule has 0 aliphatic heterocycles. The molecule has 2 aromatic rings. The SMILES string of the molecule is CC(C)n1c(OCCNC(=O)OC(C)(C)C)nc(OCc2ccc(F)cc2F)c(Br)c1=O. The van der Waals surface area contributed by atoms with Crippen molar-refractivity contribution in [1.29, 1.82) is 0 Å². The van der Waals surface area contributed by atoms with E-state index in [0.717, 1.165) is 12.1 Å². The number of aromatic nitrogens is 2. The van der Waals surface area contributed by atoms with Gasteiger partial charge in [0.25, 0.3) is 5.56 Å². The Bertz CT molecular complexity index is 1020. The Labute approximate surface area is 193 Å². The zero-order valence-corrected chi connectivity index (χ0v) is 20.1. The van der Waals surface area contributed by atoms with Crippen molar-refractivity contribution < 1.29 is 27.8 Å². The zero-order chi connectivity index (χ0) is 24.1. The third-order valence-corrected chi connectivity index (χ3v) is 4.57. The molecule has 1 aromatic carbocycles. The van der Waals surface area contributed by atoms with Gasteiger partial charge in [0.05, 0.1) is 6.54 Å². The molecule has 0 spiro atoms. The predicted octanol–water partition coefficient (Wildman–Crippen LogP) is 4.35. The fourth-order valence-electron chi connectivity index (χ4n) is 2.52. The number of benzene rings is 1. The lowest BCUT2D eigenvalue weighted by Gasteiger charge is -2.20. The van der Waals surface area contributed by atoms with E-state index in [0.29, 0.717) is 0 Å². The lowest BCUT2D eigenvalue weighted by atomic mass is 10.2. The van der Waals surface area contributed by atoms with Gasteiger partial charge in [-0.3, -0.25) is 9.36 Å². The smallest absolute Gasteiger partial charge is 0.407 e. The van der Waals surface area contributed by atoms with Crippen LogP contribution in [-0.4, -0.2) is 34.4 Å². The number of amides is 1. The number of carbonyl (C=O) groups is 1. The predicted molar refractivity (Wildman–Crippen MR) is 117 cm³/mol. The first-order valence-corrected chi connectivity index (χ1v) is 10.7. The van der Waals surface area contributed by atoms with Crippen LogP contribution in [0.15, 0.2) is 27.5 Å². The number of carbonyl (C=O) groups excluding carboxylic acids is 1. The number of alkyl carbamates (subject to hydrolysis) is 1. The lowest BCUT2D eigenvalue weighted by Crippen LogP contribution is -2.35. The first-order chi connectivity index (χ1) is 14.9. The molecule has 1 amide bonds. The Morgan fingerprint density at radius 3 is 2.53 bits per heavy atom. The summed E-state index contributed by atoms with van der Waals surface area (Å²) in [5.41, 5.74) is -0.996. The van der Waals surface area contributed by atoms with E-state index in [-0.39, 0.29) is 47.7 Å². The van der Waals surface area contributed by atoms with Crippen LogP contribution in [0, 0.1) is 11.6 Å². The molecule has 0 aliphatic rings. The number of nitrogens with zero attached hydrogens (tertiary/aromatic N) is 2. The van der Waals surface area contributed by atoms with Gasteiger partial charge in [0.2, 0.25) is 5.88 Å². The first-order valence-electron chi connectivity index (χ1n) is 9.87. The fourth-order valence-corrected chi connectivity index (χ4v) is 2.92. The molecule has 32 heavy (non-hydrogen) atoms. The van der Waals surface area contributed by atoms with Crippen LogP contribution in [0.1, 0.15) is 46.2 Å². The minimum absolute atomic E-state index is 0.00602. The van der Waals surface area contributed by atoms with Gasteiger partial charge in [-0.05, 0) is 62.7 Å². The van der Waals surface area contributed by atoms with E-state index in [9.17, 15) is 18.4 Å². The summed E-state index contributed by atoms with van der Waals surface area (Å²) < 4.78 is 44.5. The van der Waals surface area contributed by atoms with E-state index in [1.54, 1.807) is 34.6 Å². The van der Waals surface area contributed by atoms with Crippen molar-refractivity contribution in [1.82, 2.24) is 14.9 Å². The number of nitrogens with one attached hydrogen (secondary N) is 1. The Morgan fingerprint density at radius 1 is 1.25 bits per heavy atom. The molecule has 11 heteroatoms. The molecule has 2 rings (SSSR count). The Hall–Kier alpha value is -2.69. The van der Waals surface area contributed by atoms with Crippen LogP contribution in [0.3, 0.4) is 0 Å². The normalized spacial score (nSPS) is 11.4. The minimum Gasteiger partial charge on any atom is -0.472 e. The first kappa shape index (κ1) is 25.6. The molecule has 0 saturated heterocycles. The molecular formula is C21H26BrF2N3O5. The zero-order valence-electron chi connectivity index (χ0n) is 18.5. The molecule has 1 N–H and O–H groups in total. The van der Waals surface area contributed by atoms with Crippen LogP contribution in [0.25, 0.3) is 0 Å². The van der Waals surface area contributed by atoms with Crippen molar-refractivity contribution in [3.63, 3.8) is 0 Å². The van der Waals surface area contributed by atoms with Crippen molar-refractivity contribution in [3.05, 3.63) is 50.2 Å². The molecule has 0 bridgehead atoms. The topological polar surface area (TPSA) is 91.7 Å². The molecule has 0 aliphatic carbocycles. The highest BCUT2D eigenvalue weighted by molar-refractivity contribution is 9.10. The number of rotatable bonds is 8. The van der Waals surface area contributed by atoms with Gasteiger partial charge in [0, 0.05) is 17.7 Å². The van der Waals surface area contributed by atoms with Crippen molar-refractivity contribution in [2.45, 2.75) is 52.9 Å². The van der Waals surface area contributed by atoms with Crippen LogP contribution < -0.4 is 20.3 Å². The summed E-state index contributed by atoms with van der Waals surface area (Å²) in [5.74, 6) is -1.59. The standard InChI is InChI=1S/C21H26BrF2N3O5/c1-12(2)27-18(28)16(22)17(31-11-13-6-7-14(23)10-15(13)24)26-19(27)30-9-8-25-20(29)32-21(3,4)5/h6-7,10,12H,8-9,11H2,1-5H3,(H,25,29). The largest absolute Gasteiger partial charge is 0.472 e. The average molecular weight is 518 g/mol. The molecule has 176 valence electrons. The van der Waals surface area contributed by atoms with Crippen LogP contribution in [0.2, 0.25) is 0 Å². The molecule has 0 fully saturated rings. The summed E-state index contributed by atoms with van der Waals surface area (Å²) in [6, 6.07) is 2.77. The monoisotopic (exact) mass is 517 g/mol. The van der Waals surface area contributed by atoms with Crippen LogP contribution in [0.4, 0.5) is 13.6 Å². The molecule has 0 saturated carbocycles. The van der Waals surface area contributed by atoms with Gasteiger partial charge in [0.1, 0.15) is 34.9 Å². The van der Waals surface area contributed by atoms with E-state index in [4.69, 9.17) is 14.2 Å². The van der Waals surface area contributed by atoms with Gasteiger partial charge < -0.3 is 19.5 Å². The van der Waals surface area contributed by atoms with E-state index in [1.165, 1.54) is 10.6 Å². The summed E-state index contributed by atoms with van der Waals surface area (Å²) >= 11 is 3.16. The Balaban J connectivity index is 2.14. The van der Waals surface area contributed by atoms with Gasteiger partial charge in [-0.2, -0.15) is 4.98 Å². The third-order valence-electron chi connectivity index (χ3n) is 3.89. The summed E-state index contributed by atoms with van der Waals surface area (Å²) in [6.07, 6.45) is -0.600. The average Bonchev–Trinajstić information content (AvgIpc) is 2.66. The van der Waals surface area contributed by atoms with Crippen molar-refractivity contribution >= 4 is 22.0 Å². The molecule has 0 radical (unpaired) electrons. The summed E-state index contributed by atoms with van der Waals surface area (Å²) in [4.78, 5) is 28.7. The highest BCUT2D eigenvalue weighted by atomic mass is 79.9. The van der Waals surface area contributed by atoms with Crippen molar-refractivity contribution in [2.24, 2.45) is 0 Å². The molecule has 0 atom stereocenters. The molecular weight excluding hydrogens is 492 g/mol. The summed E-state index contributed by atoms with van der Waals surface area (Å²) in [7, 11) is 0. The fraction of sp³-hybridized carbons (Fsp3) is 0.476. The summed E-state index contributed by atoms with van der Waals surface area (Å²) in [5, 5.41) is 2.54. The second-order valence-corrected chi connectivity index (χ2v) is 8.88. The number of hydrogen-bond donors (Lipinski definition) is 1. The number of ether oxygens (including phenoxy) is 3. The number of halogens is 3. The number of hydrogen-bond acceptors (Lipinski definition) is 6. The van der Waals surface area contributed by atoms with E-state index >= 15 is 0 Å². The molecule has 0 unspecified atom stereocenters. The van der Waals surface area contributed by atoms with Gasteiger partial charge >= 0.3 is 12.1 Å². The molecule has 8 nitrogen and oxygen atoms in total. The van der Waals surface area contributed by atoms with Crippen molar-refractivity contribution in [3.8, 4) is 11.9 Å². The Morgan fingerprint density at radius 2 is 1.94 bits per heavy atom. The van der Waals surface area contributed by atoms with Gasteiger partial charge in [-0.1, -0.05) is 0 Å². The van der Waals surface area contributed by atoms with Gasteiger partial charge in [-0.25, -0.2) is 13.6 Å². The highest BCUT2D eigenvalue weighted by Gasteiger charge is 2.20. The van der Waals surface area contributed by atoms with Crippen LogP contribution in [-0.2, 0) is 11.3 Å². The molecule has 1 aromatic heterocycles. The van der Waals surface area contributed by atoms with Gasteiger partial charge in [0.15, 0.2) is 0 Å². The maximum Gasteiger partial charge on any atom is 0.407 e. The molecule has 1 heterocycles. The van der Waals surface area contributed by atoms with Crippen molar-refractivity contribution in [2.75, 3.05) is 13.2 Å². The van der Waals surface area contributed by atoms with E-state index in [2.05, 4.69) is 26.2 Å². The van der Waals surface area contributed by atoms with Gasteiger partial charge in [-0.15, -0.1) is 0 Å².